The number of rotatable bonds is 0. The molecule has 0 aliphatic carbocycles. The largest absolute Gasteiger partial charge is 0.300 e. The van der Waals surface area contributed by atoms with Crippen LogP contribution in [0.3, 0.4) is 0 Å². The van der Waals surface area contributed by atoms with E-state index in [4.69, 9.17) is 0 Å². The monoisotopic (exact) mass is 210 g/mol. The lowest BCUT2D eigenvalue weighted by Crippen LogP contribution is -2.45. The summed E-state index contributed by atoms with van der Waals surface area (Å²) in [6.07, 6.45) is 2.15. The fraction of sp³-hybridized carbons (Fsp3) is 0.923. The lowest BCUT2D eigenvalue weighted by Gasteiger charge is -2.45. The molecule has 0 aromatic heterocycles. The van der Waals surface area contributed by atoms with Gasteiger partial charge in [0.1, 0.15) is 0 Å². The molecule has 15 heavy (non-hydrogen) atoms. The van der Waals surface area contributed by atoms with Gasteiger partial charge in [0.2, 0.25) is 0 Å². The van der Waals surface area contributed by atoms with Crippen molar-refractivity contribution in [3.05, 3.63) is 0 Å². The van der Waals surface area contributed by atoms with Gasteiger partial charge in [-0.1, -0.05) is 41.5 Å². The van der Waals surface area contributed by atoms with Crippen molar-refractivity contribution in [1.29, 1.82) is 0 Å². The molecule has 0 aromatic carbocycles. The minimum absolute atomic E-state index is 0.308. The Kier molecular flexibility index (Phi) is 3.18. The highest BCUT2D eigenvalue weighted by Gasteiger charge is 2.40. The normalized spacial score (nSPS) is 28.3. The highest BCUT2D eigenvalue weighted by molar-refractivity contribution is 5.63. The van der Waals surface area contributed by atoms with Gasteiger partial charge in [0.25, 0.3) is 0 Å². The van der Waals surface area contributed by atoms with E-state index in [2.05, 4.69) is 64.9 Å². The van der Waals surface area contributed by atoms with Gasteiger partial charge < -0.3 is 5.01 Å². The van der Waals surface area contributed by atoms with E-state index in [1.807, 2.05) is 0 Å². The highest BCUT2D eigenvalue weighted by Crippen LogP contribution is 2.42. The van der Waals surface area contributed by atoms with E-state index in [-0.39, 0.29) is 0 Å². The van der Waals surface area contributed by atoms with Crippen LogP contribution in [-0.4, -0.2) is 24.8 Å². The summed E-state index contributed by atoms with van der Waals surface area (Å²) in [7, 11) is 2.06. The predicted molar refractivity (Wildman–Crippen MR) is 67.0 cm³/mol. The molecule has 0 bridgehead atoms. The molecule has 0 amide bonds. The molecule has 88 valence electrons. The average Bonchev–Trinajstić information content (AvgIpc) is 2.00. The molecule has 0 N–H and O–H groups in total. The number of nitrogens with zero attached hydrogens (tertiary/aromatic N) is 2. The van der Waals surface area contributed by atoms with E-state index in [9.17, 15) is 0 Å². The van der Waals surface area contributed by atoms with Crippen molar-refractivity contribution < 1.29 is 0 Å². The van der Waals surface area contributed by atoms with Crippen molar-refractivity contribution in [2.24, 2.45) is 27.8 Å². The van der Waals surface area contributed by atoms with E-state index in [0.29, 0.717) is 22.7 Å². The number of hydrazone groups is 1. The lowest BCUT2D eigenvalue weighted by atomic mass is 9.64. The lowest BCUT2D eigenvalue weighted by molar-refractivity contribution is 0.0726. The number of hydrogen-bond acceptors (Lipinski definition) is 2. The van der Waals surface area contributed by atoms with Crippen LogP contribution >= 0.6 is 0 Å². The van der Waals surface area contributed by atoms with Crippen LogP contribution in [0.2, 0.25) is 0 Å². The Morgan fingerprint density at radius 3 is 2.00 bits per heavy atom. The minimum atomic E-state index is 0.308. The smallest absolute Gasteiger partial charge is 0.0396 e. The van der Waals surface area contributed by atoms with Crippen LogP contribution in [0.25, 0.3) is 0 Å². The summed E-state index contributed by atoms with van der Waals surface area (Å²) >= 11 is 0. The predicted octanol–water partition coefficient (Wildman–Crippen LogP) is 3.24. The van der Waals surface area contributed by atoms with Crippen LogP contribution in [0, 0.1) is 22.7 Å². The van der Waals surface area contributed by atoms with Crippen LogP contribution in [0.4, 0.5) is 0 Å². The zero-order valence-electron chi connectivity index (χ0n) is 11.3. The van der Waals surface area contributed by atoms with Gasteiger partial charge in [-0.15, -0.1) is 0 Å². The molecule has 1 heterocycles. The summed E-state index contributed by atoms with van der Waals surface area (Å²) in [5.74, 6) is 1.26. The van der Waals surface area contributed by atoms with Gasteiger partial charge in [-0.05, 0) is 16.7 Å². The van der Waals surface area contributed by atoms with Crippen LogP contribution in [-0.2, 0) is 0 Å². The Hall–Kier alpha value is -0.530. The third-order valence-corrected chi connectivity index (χ3v) is 3.43. The van der Waals surface area contributed by atoms with Gasteiger partial charge in [0, 0.05) is 25.7 Å². The summed E-state index contributed by atoms with van der Waals surface area (Å²) in [5.41, 5.74) is 0.654. The fourth-order valence-corrected chi connectivity index (χ4v) is 2.37. The Balaban J connectivity index is 2.97. The average molecular weight is 210 g/mol. The third-order valence-electron chi connectivity index (χ3n) is 3.43. The first-order valence-corrected chi connectivity index (χ1v) is 5.87. The molecule has 2 unspecified atom stereocenters. The first kappa shape index (κ1) is 12.5. The SMILES string of the molecule is CN1CC(C(C)(C)C)C(C(C)(C)C)C=N1. The van der Waals surface area contributed by atoms with E-state index in [0.717, 1.165) is 6.54 Å². The zero-order valence-corrected chi connectivity index (χ0v) is 11.3. The third kappa shape index (κ3) is 2.96. The van der Waals surface area contributed by atoms with Crippen LogP contribution < -0.4 is 0 Å². The summed E-state index contributed by atoms with van der Waals surface area (Å²) in [5, 5.41) is 6.52. The Bertz CT molecular complexity index is 242. The molecule has 0 radical (unpaired) electrons. The van der Waals surface area contributed by atoms with Crippen molar-refractivity contribution in [1.82, 2.24) is 5.01 Å². The quantitative estimate of drug-likeness (QED) is 0.599. The molecule has 1 aliphatic rings. The maximum absolute atomic E-state index is 4.45. The molecule has 1 rings (SSSR count). The van der Waals surface area contributed by atoms with Gasteiger partial charge in [-0.3, -0.25) is 0 Å². The summed E-state index contributed by atoms with van der Waals surface area (Å²) in [4.78, 5) is 0. The van der Waals surface area contributed by atoms with E-state index in [1.165, 1.54) is 0 Å². The van der Waals surface area contributed by atoms with Crippen molar-refractivity contribution in [2.45, 2.75) is 41.5 Å². The highest BCUT2D eigenvalue weighted by atomic mass is 15.4. The molecular weight excluding hydrogens is 184 g/mol. The second kappa shape index (κ2) is 3.80. The number of hydrogen-bond donors (Lipinski definition) is 0. The minimum Gasteiger partial charge on any atom is -0.300 e. The second-order valence-electron chi connectivity index (χ2n) is 6.97. The first-order chi connectivity index (χ1) is 6.62. The standard InChI is InChI=1S/C13H26N2/c1-12(2,3)10-8-14-15(7)9-11(10)13(4,5)6/h8,10-11H,9H2,1-7H3. The van der Waals surface area contributed by atoms with Crippen molar-refractivity contribution >= 4 is 6.21 Å². The Labute approximate surface area is 94.7 Å². The van der Waals surface area contributed by atoms with Gasteiger partial charge in [-0.2, -0.15) is 5.10 Å². The molecule has 0 fully saturated rings. The molecular formula is C13H26N2. The van der Waals surface area contributed by atoms with Crippen molar-refractivity contribution in [3.63, 3.8) is 0 Å². The molecule has 2 nitrogen and oxygen atoms in total. The van der Waals surface area contributed by atoms with E-state index >= 15 is 0 Å². The maximum atomic E-state index is 4.45. The molecule has 0 spiro atoms. The topological polar surface area (TPSA) is 15.6 Å². The molecule has 2 heteroatoms. The summed E-state index contributed by atoms with van der Waals surface area (Å²) in [6, 6.07) is 0. The molecule has 0 saturated carbocycles. The second-order valence-corrected chi connectivity index (χ2v) is 6.97. The first-order valence-electron chi connectivity index (χ1n) is 5.87. The maximum Gasteiger partial charge on any atom is 0.0396 e. The Morgan fingerprint density at radius 1 is 1.07 bits per heavy atom. The van der Waals surface area contributed by atoms with Gasteiger partial charge in [-0.25, -0.2) is 0 Å². The molecule has 0 saturated heterocycles. The van der Waals surface area contributed by atoms with Gasteiger partial charge >= 0.3 is 0 Å². The van der Waals surface area contributed by atoms with Crippen LogP contribution in [0.15, 0.2) is 5.10 Å². The van der Waals surface area contributed by atoms with E-state index < -0.39 is 0 Å². The van der Waals surface area contributed by atoms with Crippen LogP contribution in [0.5, 0.6) is 0 Å². The van der Waals surface area contributed by atoms with Gasteiger partial charge in [0.15, 0.2) is 0 Å². The van der Waals surface area contributed by atoms with E-state index in [1.54, 1.807) is 0 Å². The fourth-order valence-electron chi connectivity index (χ4n) is 2.37. The van der Waals surface area contributed by atoms with Gasteiger partial charge in [0.05, 0.1) is 0 Å². The summed E-state index contributed by atoms with van der Waals surface area (Å²) in [6.45, 7) is 15.0. The van der Waals surface area contributed by atoms with Crippen molar-refractivity contribution in [3.8, 4) is 0 Å². The van der Waals surface area contributed by atoms with Crippen molar-refractivity contribution in [2.75, 3.05) is 13.6 Å². The Morgan fingerprint density at radius 2 is 1.60 bits per heavy atom. The molecule has 2 atom stereocenters. The molecule has 0 aromatic rings. The molecule has 1 aliphatic heterocycles. The van der Waals surface area contributed by atoms with Crippen LogP contribution in [0.1, 0.15) is 41.5 Å². The zero-order chi connectivity index (χ0) is 11.9. The summed E-state index contributed by atoms with van der Waals surface area (Å²) < 4.78 is 0.